The zero-order valence-corrected chi connectivity index (χ0v) is 15.3. The van der Waals surface area contributed by atoms with Crippen LogP contribution in [0.25, 0.3) is 0 Å². The Morgan fingerprint density at radius 2 is 2.05 bits per heavy atom. The highest BCUT2D eigenvalue weighted by atomic mass is 79.9. The van der Waals surface area contributed by atoms with Gasteiger partial charge in [0, 0.05) is 20.8 Å². The minimum Gasteiger partial charge on any atom is -0.326 e. The number of nitrogens with two attached hydrogens (primary N) is 1. The van der Waals surface area contributed by atoms with E-state index in [0.29, 0.717) is 11.5 Å². The van der Waals surface area contributed by atoms with Gasteiger partial charge < -0.3 is 5.73 Å². The van der Waals surface area contributed by atoms with Crippen LogP contribution in [0.2, 0.25) is 0 Å². The SMILES string of the molecule is CCC(N)C(c1cc(Br)cs1)N1CCC(C)(CC)CC1. The minimum atomic E-state index is 0.228. The molecule has 1 saturated heterocycles. The Kier molecular flexibility index (Phi) is 5.69. The molecule has 0 amide bonds. The topological polar surface area (TPSA) is 29.3 Å². The summed E-state index contributed by atoms with van der Waals surface area (Å²) in [5, 5.41) is 2.17. The van der Waals surface area contributed by atoms with E-state index in [2.05, 4.69) is 53.0 Å². The molecule has 0 spiro atoms. The molecular weight excluding hydrogens is 332 g/mol. The summed E-state index contributed by atoms with van der Waals surface area (Å²) >= 11 is 5.41. The van der Waals surface area contributed by atoms with E-state index in [1.807, 2.05) is 11.3 Å². The molecule has 2 heterocycles. The van der Waals surface area contributed by atoms with Gasteiger partial charge in [-0.25, -0.2) is 0 Å². The van der Waals surface area contributed by atoms with Crippen LogP contribution in [0.3, 0.4) is 0 Å². The molecule has 2 unspecified atom stereocenters. The van der Waals surface area contributed by atoms with Gasteiger partial charge in [0.2, 0.25) is 0 Å². The summed E-state index contributed by atoms with van der Waals surface area (Å²) in [6.07, 6.45) is 4.91. The zero-order chi connectivity index (χ0) is 14.8. The molecular formula is C16H27BrN2S. The molecule has 2 atom stereocenters. The lowest BCUT2D eigenvalue weighted by Crippen LogP contribution is -2.46. The Labute approximate surface area is 135 Å². The van der Waals surface area contributed by atoms with Crippen molar-refractivity contribution in [3.05, 3.63) is 20.8 Å². The first-order chi connectivity index (χ1) is 9.49. The van der Waals surface area contributed by atoms with E-state index in [0.717, 1.165) is 6.42 Å². The predicted octanol–water partition coefficient (Wildman–Crippen LogP) is 4.80. The molecule has 1 aliphatic rings. The fraction of sp³-hybridized carbons (Fsp3) is 0.750. The lowest BCUT2D eigenvalue weighted by Gasteiger charge is -2.43. The van der Waals surface area contributed by atoms with Crippen LogP contribution >= 0.6 is 27.3 Å². The van der Waals surface area contributed by atoms with Gasteiger partial charge >= 0.3 is 0 Å². The molecule has 0 aromatic carbocycles. The molecule has 0 radical (unpaired) electrons. The van der Waals surface area contributed by atoms with E-state index in [-0.39, 0.29) is 6.04 Å². The third-order valence-electron chi connectivity index (χ3n) is 5.01. The Morgan fingerprint density at radius 3 is 2.50 bits per heavy atom. The molecule has 4 heteroatoms. The van der Waals surface area contributed by atoms with E-state index in [4.69, 9.17) is 5.73 Å². The molecule has 0 bridgehead atoms. The van der Waals surface area contributed by atoms with Gasteiger partial charge in [0.05, 0.1) is 6.04 Å². The lowest BCUT2D eigenvalue weighted by atomic mass is 9.77. The first-order valence-corrected chi connectivity index (χ1v) is 9.40. The molecule has 0 saturated carbocycles. The number of nitrogens with zero attached hydrogens (tertiary/aromatic N) is 1. The number of halogens is 1. The van der Waals surface area contributed by atoms with Crippen molar-refractivity contribution in [1.29, 1.82) is 0 Å². The third-order valence-corrected chi connectivity index (χ3v) is 6.77. The number of hydrogen-bond acceptors (Lipinski definition) is 3. The van der Waals surface area contributed by atoms with Crippen LogP contribution in [-0.2, 0) is 0 Å². The van der Waals surface area contributed by atoms with Crippen molar-refractivity contribution in [2.24, 2.45) is 11.1 Å². The number of thiophene rings is 1. The maximum absolute atomic E-state index is 6.44. The van der Waals surface area contributed by atoms with Crippen LogP contribution in [0.4, 0.5) is 0 Å². The molecule has 1 aromatic rings. The molecule has 0 aliphatic carbocycles. The average Bonchev–Trinajstić information content (AvgIpc) is 2.87. The van der Waals surface area contributed by atoms with Crippen LogP contribution in [-0.4, -0.2) is 24.0 Å². The summed E-state index contributed by atoms with van der Waals surface area (Å²) in [6.45, 7) is 9.30. The predicted molar refractivity (Wildman–Crippen MR) is 92.2 cm³/mol. The fourth-order valence-electron chi connectivity index (χ4n) is 3.06. The average molecular weight is 359 g/mol. The summed E-state index contributed by atoms with van der Waals surface area (Å²) < 4.78 is 1.18. The molecule has 2 rings (SSSR count). The summed E-state index contributed by atoms with van der Waals surface area (Å²) in [7, 11) is 0. The molecule has 1 aromatic heterocycles. The second kappa shape index (κ2) is 6.91. The number of rotatable bonds is 5. The largest absolute Gasteiger partial charge is 0.326 e. The van der Waals surface area contributed by atoms with Gasteiger partial charge in [0.25, 0.3) is 0 Å². The highest BCUT2D eigenvalue weighted by Crippen LogP contribution is 2.39. The molecule has 20 heavy (non-hydrogen) atoms. The van der Waals surface area contributed by atoms with E-state index >= 15 is 0 Å². The van der Waals surface area contributed by atoms with Crippen LogP contribution < -0.4 is 5.73 Å². The highest BCUT2D eigenvalue weighted by Gasteiger charge is 2.34. The van der Waals surface area contributed by atoms with Gasteiger partial charge in [-0.1, -0.05) is 27.2 Å². The van der Waals surface area contributed by atoms with Gasteiger partial charge in [-0.2, -0.15) is 0 Å². The fourth-order valence-corrected chi connectivity index (χ4v) is 4.72. The third kappa shape index (κ3) is 3.65. The van der Waals surface area contributed by atoms with E-state index < -0.39 is 0 Å². The van der Waals surface area contributed by atoms with Crippen molar-refractivity contribution in [3.63, 3.8) is 0 Å². The standard InChI is InChI=1S/C16H27BrN2S/c1-4-13(18)15(14-10-12(17)11-20-14)19-8-6-16(3,5-2)7-9-19/h10-11,13,15H,4-9,18H2,1-3H3. The molecule has 2 nitrogen and oxygen atoms in total. The van der Waals surface area contributed by atoms with Gasteiger partial charge in [0.15, 0.2) is 0 Å². The van der Waals surface area contributed by atoms with E-state index in [9.17, 15) is 0 Å². The van der Waals surface area contributed by atoms with Gasteiger partial charge in [-0.3, -0.25) is 4.90 Å². The summed E-state index contributed by atoms with van der Waals surface area (Å²) in [6, 6.07) is 2.86. The maximum atomic E-state index is 6.44. The summed E-state index contributed by atoms with van der Waals surface area (Å²) in [4.78, 5) is 4.02. The second-order valence-corrected chi connectivity index (χ2v) is 8.24. The van der Waals surface area contributed by atoms with Crippen LogP contribution in [0.1, 0.15) is 57.4 Å². The molecule has 1 fully saturated rings. The minimum absolute atomic E-state index is 0.228. The number of piperidine rings is 1. The Hall–Kier alpha value is 0.1000. The summed E-state index contributed by atoms with van der Waals surface area (Å²) in [5.41, 5.74) is 6.97. The van der Waals surface area contributed by atoms with Crippen molar-refractivity contribution in [1.82, 2.24) is 4.90 Å². The van der Waals surface area contributed by atoms with Crippen LogP contribution in [0, 0.1) is 5.41 Å². The first-order valence-electron chi connectivity index (χ1n) is 7.72. The van der Waals surface area contributed by atoms with Crippen molar-refractivity contribution in [3.8, 4) is 0 Å². The quantitative estimate of drug-likeness (QED) is 0.818. The van der Waals surface area contributed by atoms with Crippen molar-refractivity contribution >= 4 is 27.3 Å². The maximum Gasteiger partial charge on any atom is 0.0593 e. The molecule has 2 N–H and O–H groups in total. The van der Waals surface area contributed by atoms with Crippen molar-refractivity contribution in [2.75, 3.05) is 13.1 Å². The molecule has 114 valence electrons. The normalized spacial score (nSPS) is 22.6. The second-order valence-electron chi connectivity index (χ2n) is 6.38. The number of hydrogen-bond donors (Lipinski definition) is 1. The Morgan fingerprint density at radius 1 is 1.40 bits per heavy atom. The van der Waals surface area contributed by atoms with Crippen LogP contribution in [0.15, 0.2) is 15.9 Å². The van der Waals surface area contributed by atoms with Crippen molar-refractivity contribution in [2.45, 2.75) is 58.5 Å². The van der Waals surface area contributed by atoms with Gasteiger partial charge in [-0.05, 0) is 59.8 Å². The van der Waals surface area contributed by atoms with E-state index in [1.54, 1.807) is 0 Å². The smallest absolute Gasteiger partial charge is 0.0593 e. The monoisotopic (exact) mass is 358 g/mol. The van der Waals surface area contributed by atoms with Crippen molar-refractivity contribution < 1.29 is 0 Å². The van der Waals surface area contributed by atoms with Gasteiger partial charge in [0.1, 0.15) is 0 Å². The van der Waals surface area contributed by atoms with Crippen LogP contribution in [0.5, 0.6) is 0 Å². The van der Waals surface area contributed by atoms with Gasteiger partial charge in [-0.15, -0.1) is 11.3 Å². The summed E-state index contributed by atoms with van der Waals surface area (Å²) in [5.74, 6) is 0. The number of likely N-dealkylation sites (tertiary alicyclic amines) is 1. The highest BCUT2D eigenvalue weighted by molar-refractivity contribution is 9.10. The molecule has 1 aliphatic heterocycles. The Bertz CT molecular complexity index is 424. The lowest BCUT2D eigenvalue weighted by molar-refractivity contribution is 0.0706. The Balaban J connectivity index is 2.13. The zero-order valence-electron chi connectivity index (χ0n) is 12.9. The first kappa shape index (κ1) is 16.5. The van der Waals surface area contributed by atoms with E-state index in [1.165, 1.54) is 41.7 Å².